The molecule has 0 saturated carbocycles. The monoisotopic (exact) mass is 512 g/mol. The molecule has 0 aromatic heterocycles. The van der Waals surface area contributed by atoms with Gasteiger partial charge in [-0.1, -0.05) is 36.4 Å². The number of carboxylic acid groups (broad SMARTS) is 4. The van der Waals surface area contributed by atoms with Crippen LogP contribution in [0.3, 0.4) is 0 Å². The topological polar surface area (TPSA) is 183 Å². The van der Waals surface area contributed by atoms with E-state index in [1.165, 1.54) is 36.4 Å². The van der Waals surface area contributed by atoms with Crippen molar-refractivity contribution in [2.24, 2.45) is 0 Å². The van der Waals surface area contributed by atoms with Crippen molar-refractivity contribution in [3.05, 3.63) is 117 Å². The van der Waals surface area contributed by atoms with Crippen LogP contribution in [0.15, 0.2) is 72.8 Å². The van der Waals surface area contributed by atoms with Crippen LogP contribution in [0.5, 0.6) is 0 Å². The van der Waals surface area contributed by atoms with Gasteiger partial charge in [0, 0.05) is 22.3 Å². The Morgan fingerprint density at radius 3 is 0.974 bits per heavy atom. The Morgan fingerprint density at radius 2 is 0.658 bits per heavy atom. The van der Waals surface area contributed by atoms with E-state index in [2.05, 4.69) is 0 Å². The van der Waals surface area contributed by atoms with Crippen molar-refractivity contribution in [2.75, 3.05) is 0 Å². The number of fused-ring (bicyclic) bond motifs is 1. The molecule has 4 N–H and O–H groups in total. The van der Waals surface area contributed by atoms with Gasteiger partial charge in [0.15, 0.2) is 11.6 Å². The smallest absolute Gasteiger partial charge is 0.336 e. The van der Waals surface area contributed by atoms with Gasteiger partial charge in [-0.3, -0.25) is 9.59 Å². The summed E-state index contributed by atoms with van der Waals surface area (Å²) < 4.78 is 0. The molecule has 0 heterocycles. The number of rotatable bonds is 8. The minimum absolute atomic E-state index is 0.0161. The van der Waals surface area contributed by atoms with Gasteiger partial charge in [-0.2, -0.15) is 0 Å². The van der Waals surface area contributed by atoms with E-state index in [9.17, 15) is 39.0 Å². The molecular formula is C28H16O10. The minimum atomic E-state index is -1.49. The van der Waals surface area contributed by atoms with E-state index in [4.69, 9.17) is 10.2 Å². The van der Waals surface area contributed by atoms with Crippen LogP contribution in [0.2, 0.25) is 0 Å². The van der Waals surface area contributed by atoms with Gasteiger partial charge in [-0.15, -0.1) is 0 Å². The van der Waals surface area contributed by atoms with Crippen LogP contribution in [0.25, 0.3) is 10.8 Å². The maximum Gasteiger partial charge on any atom is 0.336 e. The van der Waals surface area contributed by atoms with Gasteiger partial charge in [-0.05, 0) is 47.2 Å². The van der Waals surface area contributed by atoms with E-state index < -0.39 is 57.7 Å². The second-order valence-electron chi connectivity index (χ2n) is 8.18. The third-order valence-corrected chi connectivity index (χ3v) is 5.85. The molecule has 0 atom stereocenters. The predicted molar refractivity (Wildman–Crippen MR) is 132 cm³/mol. The average molecular weight is 512 g/mol. The molecule has 0 aliphatic rings. The highest BCUT2D eigenvalue weighted by Gasteiger charge is 2.21. The molecule has 0 aliphatic heterocycles. The summed E-state index contributed by atoms with van der Waals surface area (Å²) in [5, 5.41) is 38.1. The summed E-state index contributed by atoms with van der Waals surface area (Å²) in [5.74, 6) is -6.91. The first-order valence-corrected chi connectivity index (χ1v) is 10.8. The number of carbonyl (C=O) groups is 6. The first kappa shape index (κ1) is 25.5. The maximum atomic E-state index is 13.0. The summed E-state index contributed by atoms with van der Waals surface area (Å²) in [6.45, 7) is 0. The van der Waals surface area contributed by atoms with E-state index in [1.807, 2.05) is 0 Å². The van der Waals surface area contributed by atoms with Crippen LogP contribution in [-0.2, 0) is 0 Å². The fraction of sp³-hybridized carbons (Fsp3) is 0. The number of carbonyl (C=O) groups excluding carboxylic acids is 2. The Kier molecular flexibility index (Phi) is 6.55. The zero-order valence-electron chi connectivity index (χ0n) is 19.2. The van der Waals surface area contributed by atoms with Crippen LogP contribution >= 0.6 is 0 Å². The fourth-order valence-corrected chi connectivity index (χ4v) is 3.96. The second kappa shape index (κ2) is 9.78. The Morgan fingerprint density at radius 1 is 0.368 bits per heavy atom. The second-order valence-corrected chi connectivity index (χ2v) is 8.18. The summed E-state index contributed by atoms with van der Waals surface area (Å²) in [5.41, 5.74) is -1.56. The lowest BCUT2D eigenvalue weighted by molar-refractivity contribution is 0.0651. The highest BCUT2D eigenvalue weighted by Crippen LogP contribution is 2.23. The average Bonchev–Trinajstić information content (AvgIpc) is 2.90. The molecule has 0 unspecified atom stereocenters. The lowest BCUT2D eigenvalue weighted by atomic mass is 9.94. The quantitative estimate of drug-likeness (QED) is 0.251. The number of benzene rings is 4. The molecule has 188 valence electrons. The molecule has 4 rings (SSSR count). The molecule has 38 heavy (non-hydrogen) atoms. The normalized spacial score (nSPS) is 10.6. The number of hydrogen-bond donors (Lipinski definition) is 4. The molecule has 10 heteroatoms. The van der Waals surface area contributed by atoms with Crippen molar-refractivity contribution >= 4 is 46.2 Å². The first-order valence-electron chi connectivity index (χ1n) is 10.8. The summed E-state index contributed by atoms with van der Waals surface area (Å²) in [7, 11) is 0. The molecular weight excluding hydrogens is 496 g/mol. The standard InChI is InChI=1S/C28H16O10/c29-23(17-5-7-19(25(31)32)21(11-17)27(35)36)15-3-1-13-9-16(4-2-14(13)10-15)24(30)18-6-8-20(26(33)34)22(12-18)28(37)38/h1-12H,(H,31,32)(H,33,34)(H,35,36)(H,37,38). The molecule has 4 aromatic rings. The van der Waals surface area contributed by atoms with Crippen LogP contribution < -0.4 is 0 Å². The van der Waals surface area contributed by atoms with E-state index in [1.54, 1.807) is 12.1 Å². The third kappa shape index (κ3) is 4.73. The molecule has 0 aliphatic carbocycles. The summed E-state index contributed by atoms with van der Waals surface area (Å²) in [6.07, 6.45) is 0. The molecule has 0 amide bonds. The summed E-state index contributed by atoms with van der Waals surface area (Å²) >= 11 is 0. The lowest BCUT2D eigenvalue weighted by Gasteiger charge is -2.09. The number of aromatic carboxylic acids is 4. The lowest BCUT2D eigenvalue weighted by Crippen LogP contribution is -2.11. The van der Waals surface area contributed by atoms with Crippen LogP contribution in [0.1, 0.15) is 73.3 Å². The number of ketones is 2. The highest BCUT2D eigenvalue weighted by molar-refractivity contribution is 6.15. The van der Waals surface area contributed by atoms with Crippen molar-refractivity contribution in [3.63, 3.8) is 0 Å². The van der Waals surface area contributed by atoms with Crippen molar-refractivity contribution in [2.45, 2.75) is 0 Å². The zero-order valence-corrected chi connectivity index (χ0v) is 19.2. The predicted octanol–water partition coefficient (Wildman–Crippen LogP) is 4.09. The maximum absolute atomic E-state index is 13.0. The van der Waals surface area contributed by atoms with Gasteiger partial charge in [0.1, 0.15) is 0 Å². The molecule has 0 radical (unpaired) electrons. The highest BCUT2D eigenvalue weighted by atomic mass is 16.4. The summed E-state index contributed by atoms with van der Waals surface area (Å²) in [4.78, 5) is 71.4. The van der Waals surface area contributed by atoms with Gasteiger partial charge >= 0.3 is 23.9 Å². The summed E-state index contributed by atoms with van der Waals surface area (Å²) in [6, 6.07) is 15.7. The van der Waals surface area contributed by atoms with Gasteiger partial charge in [0.25, 0.3) is 0 Å². The Balaban J connectivity index is 1.67. The van der Waals surface area contributed by atoms with Gasteiger partial charge < -0.3 is 20.4 Å². The van der Waals surface area contributed by atoms with Crippen molar-refractivity contribution in [1.82, 2.24) is 0 Å². The van der Waals surface area contributed by atoms with E-state index >= 15 is 0 Å². The molecule has 0 fully saturated rings. The van der Waals surface area contributed by atoms with Crippen molar-refractivity contribution < 1.29 is 49.2 Å². The fourth-order valence-electron chi connectivity index (χ4n) is 3.96. The number of carboxylic acids is 4. The third-order valence-electron chi connectivity index (χ3n) is 5.85. The van der Waals surface area contributed by atoms with Gasteiger partial charge in [-0.25, -0.2) is 19.2 Å². The Labute approximate surface area is 213 Å². The van der Waals surface area contributed by atoms with Gasteiger partial charge in [0.05, 0.1) is 22.3 Å². The zero-order chi connectivity index (χ0) is 27.7. The molecule has 4 aromatic carbocycles. The van der Waals surface area contributed by atoms with Crippen molar-refractivity contribution in [3.8, 4) is 0 Å². The Bertz CT molecular complexity index is 1590. The van der Waals surface area contributed by atoms with Crippen molar-refractivity contribution in [1.29, 1.82) is 0 Å². The van der Waals surface area contributed by atoms with E-state index in [-0.39, 0.29) is 22.3 Å². The number of hydrogen-bond acceptors (Lipinski definition) is 6. The van der Waals surface area contributed by atoms with E-state index in [0.717, 1.165) is 24.3 Å². The molecule has 0 bridgehead atoms. The molecule has 10 nitrogen and oxygen atoms in total. The van der Waals surface area contributed by atoms with Crippen LogP contribution in [0.4, 0.5) is 0 Å². The largest absolute Gasteiger partial charge is 0.478 e. The SMILES string of the molecule is O=C(c1ccc(C(=O)O)c(C(=O)O)c1)c1ccc2cc(C(=O)c3ccc(C(=O)O)c(C(=O)O)c3)ccc2c1. The molecule has 0 saturated heterocycles. The van der Waals surface area contributed by atoms with E-state index in [0.29, 0.717) is 10.8 Å². The first-order chi connectivity index (χ1) is 18.0. The van der Waals surface area contributed by atoms with Crippen LogP contribution in [0, 0.1) is 0 Å². The Hall–Kier alpha value is -5.64. The van der Waals surface area contributed by atoms with Gasteiger partial charge in [0.2, 0.25) is 0 Å². The van der Waals surface area contributed by atoms with Crippen LogP contribution in [-0.4, -0.2) is 55.9 Å². The molecule has 0 spiro atoms. The minimum Gasteiger partial charge on any atom is -0.478 e.